The lowest BCUT2D eigenvalue weighted by Gasteiger charge is -2.31. The van der Waals surface area contributed by atoms with Gasteiger partial charge in [-0.3, -0.25) is 5.32 Å². The van der Waals surface area contributed by atoms with E-state index in [0.29, 0.717) is 0 Å². The highest BCUT2D eigenvalue weighted by atomic mass is 28.4. The zero-order valence-electron chi connectivity index (χ0n) is 12.3. The van der Waals surface area contributed by atoms with Gasteiger partial charge < -0.3 is 13.3 Å². The molecule has 0 aromatic heterocycles. The van der Waals surface area contributed by atoms with Gasteiger partial charge in [-0.15, -0.1) is 0 Å². The van der Waals surface area contributed by atoms with E-state index < -0.39 is 8.80 Å². The van der Waals surface area contributed by atoms with Crippen LogP contribution in [0.1, 0.15) is 26.2 Å². The van der Waals surface area contributed by atoms with E-state index in [1.165, 1.54) is 0 Å². The van der Waals surface area contributed by atoms with E-state index >= 15 is 0 Å². The summed E-state index contributed by atoms with van der Waals surface area (Å²) in [4.78, 5) is 0. The summed E-state index contributed by atoms with van der Waals surface area (Å²) in [5.41, 5.74) is 0. The smallest absolute Gasteiger partial charge is 0.373 e. The maximum atomic E-state index is 6.16. The van der Waals surface area contributed by atoms with Crippen LogP contribution in [-0.2, 0) is 13.3 Å². The Labute approximate surface area is 117 Å². The summed E-state index contributed by atoms with van der Waals surface area (Å²) in [6.07, 6.45) is 3.15. The molecule has 1 atom stereocenters. The minimum absolute atomic E-state index is 0.0493. The van der Waals surface area contributed by atoms with Gasteiger partial charge >= 0.3 is 8.80 Å². The van der Waals surface area contributed by atoms with Crippen molar-refractivity contribution in [3.8, 4) is 0 Å². The van der Waals surface area contributed by atoms with Gasteiger partial charge in [0.2, 0.25) is 0 Å². The molecule has 1 rings (SSSR count). The first kappa shape index (κ1) is 16.3. The van der Waals surface area contributed by atoms with E-state index in [2.05, 4.69) is 12.2 Å². The SMILES string of the molecule is CCCCC(NC)O[Si](OC)(OC)c1ccccc1. The average molecular weight is 283 g/mol. The first-order chi connectivity index (χ1) is 9.22. The molecule has 0 spiro atoms. The molecule has 0 aliphatic carbocycles. The lowest BCUT2D eigenvalue weighted by atomic mass is 10.2. The lowest BCUT2D eigenvalue weighted by Crippen LogP contribution is -2.58. The Morgan fingerprint density at radius 1 is 1.16 bits per heavy atom. The zero-order valence-corrected chi connectivity index (χ0v) is 13.3. The molecule has 1 aromatic carbocycles. The molecule has 19 heavy (non-hydrogen) atoms. The van der Waals surface area contributed by atoms with E-state index in [4.69, 9.17) is 13.3 Å². The first-order valence-electron chi connectivity index (χ1n) is 6.73. The van der Waals surface area contributed by atoms with Crippen LogP contribution >= 0.6 is 0 Å². The van der Waals surface area contributed by atoms with Gasteiger partial charge in [0.15, 0.2) is 0 Å². The fraction of sp³-hybridized carbons (Fsp3) is 0.571. The molecule has 0 aliphatic rings. The second kappa shape index (κ2) is 8.45. The average Bonchev–Trinajstić information content (AvgIpc) is 2.49. The van der Waals surface area contributed by atoms with Gasteiger partial charge in [-0.1, -0.05) is 43.7 Å². The van der Waals surface area contributed by atoms with Crippen LogP contribution in [0.3, 0.4) is 0 Å². The standard InChI is InChI=1S/C14H25NO3Si/c1-5-6-12-14(15-2)18-19(16-3,17-4)13-10-8-7-9-11-13/h7-11,14-15H,5-6,12H2,1-4H3. The molecular formula is C14H25NO3Si. The van der Waals surface area contributed by atoms with Crippen molar-refractivity contribution in [3.05, 3.63) is 30.3 Å². The number of hydrogen-bond donors (Lipinski definition) is 1. The molecule has 1 unspecified atom stereocenters. The van der Waals surface area contributed by atoms with Crippen LogP contribution in [0.25, 0.3) is 0 Å². The molecule has 0 amide bonds. The van der Waals surface area contributed by atoms with Crippen molar-refractivity contribution in [3.63, 3.8) is 0 Å². The highest BCUT2D eigenvalue weighted by Crippen LogP contribution is 2.13. The van der Waals surface area contributed by atoms with E-state index in [9.17, 15) is 0 Å². The van der Waals surface area contributed by atoms with Gasteiger partial charge in [0.25, 0.3) is 0 Å². The van der Waals surface area contributed by atoms with Gasteiger partial charge in [-0.2, -0.15) is 0 Å². The van der Waals surface area contributed by atoms with Crippen LogP contribution in [0, 0.1) is 0 Å². The van der Waals surface area contributed by atoms with Crippen molar-refractivity contribution < 1.29 is 13.3 Å². The molecule has 0 saturated carbocycles. The Hall–Kier alpha value is -0.723. The summed E-state index contributed by atoms with van der Waals surface area (Å²) in [7, 11) is 2.38. The Bertz CT molecular complexity index is 344. The monoisotopic (exact) mass is 283 g/mol. The second-order valence-corrected chi connectivity index (χ2v) is 7.11. The summed E-state index contributed by atoms with van der Waals surface area (Å²) < 4.78 is 17.4. The number of benzene rings is 1. The topological polar surface area (TPSA) is 39.7 Å². The number of rotatable bonds is 9. The van der Waals surface area contributed by atoms with Crippen molar-refractivity contribution >= 4 is 14.0 Å². The molecule has 0 bridgehead atoms. The van der Waals surface area contributed by atoms with E-state index in [0.717, 1.165) is 24.4 Å². The molecule has 0 aliphatic heterocycles. The van der Waals surface area contributed by atoms with Gasteiger partial charge in [-0.25, -0.2) is 0 Å². The summed E-state index contributed by atoms with van der Waals surface area (Å²) in [5, 5.41) is 4.17. The van der Waals surface area contributed by atoms with E-state index in [1.54, 1.807) is 14.2 Å². The first-order valence-corrected chi connectivity index (χ1v) is 8.45. The van der Waals surface area contributed by atoms with Crippen molar-refractivity contribution in [1.82, 2.24) is 5.32 Å². The highest BCUT2D eigenvalue weighted by molar-refractivity contribution is 6.75. The third-order valence-electron chi connectivity index (χ3n) is 3.10. The Balaban J connectivity index is 2.87. The molecule has 1 N–H and O–H groups in total. The molecule has 0 saturated heterocycles. The quantitative estimate of drug-likeness (QED) is 0.555. The fourth-order valence-electron chi connectivity index (χ4n) is 1.96. The normalized spacial score (nSPS) is 13.5. The Morgan fingerprint density at radius 2 is 1.79 bits per heavy atom. The predicted octanol–water partition coefficient (Wildman–Crippen LogP) is 1.88. The lowest BCUT2D eigenvalue weighted by molar-refractivity contribution is 0.0493. The number of unbranched alkanes of at least 4 members (excludes halogenated alkanes) is 1. The fourth-order valence-corrected chi connectivity index (χ4v) is 4.14. The Kier molecular flexibility index (Phi) is 7.26. The van der Waals surface area contributed by atoms with Gasteiger partial charge in [0.05, 0.1) is 0 Å². The van der Waals surface area contributed by atoms with Crippen LogP contribution < -0.4 is 10.5 Å². The van der Waals surface area contributed by atoms with Crippen molar-refractivity contribution in [2.75, 3.05) is 21.3 Å². The predicted molar refractivity (Wildman–Crippen MR) is 79.3 cm³/mol. The molecular weight excluding hydrogens is 258 g/mol. The molecule has 108 valence electrons. The minimum atomic E-state index is -2.82. The second-order valence-electron chi connectivity index (χ2n) is 4.37. The zero-order chi connectivity index (χ0) is 14.1. The van der Waals surface area contributed by atoms with Crippen LogP contribution in [0.5, 0.6) is 0 Å². The third kappa shape index (κ3) is 4.40. The molecule has 0 radical (unpaired) electrons. The van der Waals surface area contributed by atoms with Gasteiger partial charge in [0, 0.05) is 19.4 Å². The molecule has 1 aromatic rings. The van der Waals surface area contributed by atoms with Gasteiger partial charge in [-0.05, 0) is 19.9 Å². The summed E-state index contributed by atoms with van der Waals surface area (Å²) in [6, 6.07) is 9.90. The molecule has 0 heterocycles. The van der Waals surface area contributed by atoms with Crippen molar-refractivity contribution in [1.29, 1.82) is 0 Å². The molecule has 0 fully saturated rings. The largest absolute Gasteiger partial charge is 0.537 e. The van der Waals surface area contributed by atoms with Crippen molar-refractivity contribution in [2.45, 2.75) is 32.4 Å². The third-order valence-corrected chi connectivity index (χ3v) is 5.81. The molecule has 4 nitrogen and oxygen atoms in total. The maximum Gasteiger partial charge on any atom is 0.537 e. The van der Waals surface area contributed by atoms with E-state index in [-0.39, 0.29) is 6.23 Å². The van der Waals surface area contributed by atoms with Crippen molar-refractivity contribution in [2.24, 2.45) is 0 Å². The van der Waals surface area contributed by atoms with Crippen LogP contribution in [0.4, 0.5) is 0 Å². The minimum Gasteiger partial charge on any atom is -0.373 e. The summed E-state index contributed by atoms with van der Waals surface area (Å²) in [5.74, 6) is 0. The Morgan fingerprint density at radius 3 is 2.26 bits per heavy atom. The van der Waals surface area contributed by atoms with Crippen LogP contribution in [-0.4, -0.2) is 36.3 Å². The summed E-state index contributed by atoms with van der Waals surface area (Å²) >= 11 is 0. The maximum absolute atomic E-state index is 6.16. The molecule has 5 heteroatoms. The van der Waals surface area contributed by atoms with E-state index in [1.807, 2.05) is 37.4 Å². The van der Waals surface area contributed by atoms with Crippen LogP contribution in [0.2, 0.25) is 0 Å². The summed E-state index contributed by atoms with van der Waals surface area (Å²) in [6.45, 7) is 2.17. The van der Waals surface area contributed by atoms with Crippen LogP contribution in [0.15, 0.2) is 30.3 Å². The van der Waals surface area contributed by atoms with Gasteiger partial charge in [0.1, 0.15) is 6.23 Å². The number of hydrogen-bond acceptors (Lipinski definition) is 4. The highest BCUT2D eigenvalue weighted by Gasteiger charge is 2.43. The number of nitrogens with one attached hydrogen (secondary N) is 1.